The monoisotopic (exact) mass is 137 g/mol. The lowest BCUT2D eigenvalue weighted by Crippen LogP contribution is -1.88. The molecule has 1 rings (SSSR count). The summed E-state index contributed by atoms with van der Waals surface area (Å²) in [6, 6.07) is 0. The van der Waals surface area contributed by atoms with Gasteiger partial charge in [-0.3, -0.25) is 0 Å². The Balaban J connectivity index is 2.32. The van der Waals surface area contributed by atoms with E-state index < -0.39 is 0 Å². The predicted octanol–water partition coefficient (Wildman–Crippen LogP) is 2.39. The van der Waals surface area contributed by atoms with Gasteiger partial charge in [0, 0.05) is 0 Å². The minimum Gasteiger partial charge on any atom is -0.0923 e. The van der Waals surface area contributed by atoms with E-state index in [1.165, 1.54) is 43.7 Å². The van der Waals surface area contributed by atoms with Crippen molar-refractivity contribution in [3.63, 3.8) is 0 Å². The molecule has 0 saturated carbocycles. The van der Waals surface area contributed by atoms with E-state index >= 15 is 0 Å². The maximum atomic E-state index is 3.58. The molecule has 0 saturated heterocycles. The van der Waals surface area contributed by atoms with Gasteiger partial charge in [-0.2, -0.15) is 0 Å². The summed E-state index contributed by atoms with van der Waals surface area (Å²) in [6.45, 7) is 0. The van der Waals surface area contributed by atoms with Crippen LogP contribution in [0.5, 0.6) is 0 Å². The van der Waals surface area contributed by atoms with Gasteiger partial charge in [-0.15, -0.1) is 0 Å². The fourth-order valence-electron chi connectivity index (χ4n) is 1.19. The van der Waals surface area contributed by atoms with Gasteiger partial charge < -0.3 is 0 Å². The van der Waals surface area contributed by atoms with Crippen LogP contribution in [0.15, 0.2) is 11.3 Å². The molecule has 0 aliphatic heterocycles. The molecule has 49 valence electrons. The van der Waals surface area contributed by atoms with Crippen LogP contribution in [0.4, 0.5) is 0 Å². The highest BCUT2D eigenvalue weighted by Crippen LogP contribution is 2.14. The zero-order valence-electron chi connectivity index (χ0n) is 5.82. The average Bonchev–Trinajstić information content (AvgIpc) is 1.79. The van der Waals surface area contributed by atoms with Crippen molar-refractivity contribution in [2.45, 2.75) is 38.5 Å². The van der Waals surface area contributed by atoms with E-state index in [1.54, 1.807) is 0 Å². The molecule has 0 aromatic rings. The Morgan fingerprint density at radius 3 is 2.78 bits per heavy atom. The standard InChI is InChI=1S/C8H13Si/c9-8-6-4-2-1-3-5-7-8/h6H,1-5,7H2/b8-6+. The van der Waals surface area contributed by atoms with Crippen LogP contribution >= 0.6 is 0 Å². The van der Waals surface area contributed by atoms with E-state index in [-0.39, 0.29) is 0 Å². The molecular formula is C8H13Si. The molecule has 1 heteroatoms. The first kappa shape index (κ1) is 7.07. The lowest BCUT2D eigenvalue weighted by Gasteiger charge is -2.05. The first-order valence-electron chi connectivity index (χ1n) is 3.80. The summed E-state index contributed by atoms with van der Waals surface area (Å²) in [6.07, 6.45) is 10.5. The number of rotatable bonds is 0. The molecule has 1 aliphatic rings. The zero-order valence-corrected chi connectivity index (χ0v) is 6.82. The van der Waals surface area contributed by atoms with Gasteiger partial charge in [-0.1, -0.05) is 24.1 Å². The Morgan fingerprint density at radius 1 is 1.11 bits per heavy atom. The van der Waals surface area contributed by atoms with Gasteiger partial charge in [0.25, 0.3) is 0 Å². The molecule has 3 radical (unpaired) electrons. The van der Waals surface area contributed by atoms with Gasteiger partial charge in [-0.05, 0) is 25.7 Å². The molecule has 0 aromatic heterocycles. The summed E-state index contributed by atoms with van der Waals surface area (Å²) in [5.41, 5.74) is 0. The van der Waals surface area contributed by atoms with E-state index in [0.29, 0.717) is 0 Å². The minimum atomic E-state index is 1.26. The van der Waals surface area contributed by atoms with Crippen molar-refractivity contribution in [2.75, 3.05) is 0 Å². The van der Waals surface area contributed by atoms with Crippen LogP contribution in [0.1, 0.15) is 38.5 Å². The smallest absolute Gasteiger partial charge is 0.0646 e. The van der Waals surface area contributed by atoms with Gasteiger partial charge >= 0.3 is 0 Å². The summed E-state index contributed by atoms with van der Waals surface area (Å²) < 4.78 is 0. The Hall–Kier alpha value is -0.0431. The van der Waals surface area contributed by atoms with Crippen molar-refractivity contribution in [2.24, 2.45) is 0 Å². The molecule has 0 aromatic carbocycles. The normalized spacial score (nSPS) is 27.9. The lowest BCUT2D eigenvalue weighted by molar-refractivity contribution is 0.634. The molecule has 0 heterocycles. The van der Waals surface area contributed by atoms with E-state index in [9.17, 15) is 0 Å². The van der Waals surface area contributed by atoms with E-state index in [4.69, 9.17) is 0 Å². The highest BCUT2D eigenvalue weighted by atomic mass is 28.1. The number of hydrogen-bond donors (Lipinski definition) is 0. The van der Waals surface area contributed by atoms with E-state index in [1.807, 2.05) is 0 Å². The van der Waals surface area contributed by atoms with Gasteiger partial charge in [0.1, 0.15) is 0 Å². The highest BCUT2D eigenvalue weighted by molar-refractivity contribution is 6.21. The molecule has 0 amide bonds. The summed E-state index contributed by atoms with van der Waals surface area (Å²) in [5, 5.41) is 1.41. The third-order valence-corrected chi connectivity index (χ3v) is 2.25. The quantitative estimate of drug-likeness (QED) is 0.450. The molecule has 0 spiro atoms. The third kappa shape index (κ3) is 2.85. The predicted molar refractivity (Wildman–Crippen MR) is 41.5 cm³/mol. The van der Waals surface area contributed by atoms with Gasteiger partial charge in [0.15, 0.2) is 0 Å². The third-order valence-electron chi connectivity index (χ3n) is 1.79. The first-order chi connectivity index (χ1) is 4.39. The Labute approximate surface area is 60.8 Å². The second kappa shape index (κ2) is 3.88. The molecule has 1 aliphatic carbocycles. The Bertz CT molecular complexity index is 105. The van der Waals surface area contributed by atoms with Crippen LogP contribution < -0.4 is 0 Å². The van der Waals surface area contributed by atoms with Crippen molar-refractivity contribution in [3.8, 4) is 0 Å². The van der Waals surface area contributed by atoms with Crippen molar-refractivity contribution < 1.29 is 0 Å². The molecule has 9 heavy (non-hydrogen) atoms. The summed E-state index contributed by atoms with van der Waals surface area (Å²) >= 11 is 0. The molecule has 0 unspecified atom stereocenters. The lowest BCUT2D eigenvalue weighted by atomic mass is 10.1. The first-order valence-corrected chi connectivity index (χ1v) is 4.30. The molecule has 0 bridgehead atoms. The highest BCUT2D eigenvalue weighted by Gasteiger charge is 1.95. The topological polar surface area (TPSA) is 0 Å². The maximum absolute atomic E-state index is 3.58. The minimum absolute atomic E-state index is 1.26. The Kier molecular flexibility index (Phi) is 3.05. The SMILES string of the molecule is [Si]/C1=C/CCCCCC1. The maximum Gasteiger partial charge on any atom is 0.0646 e. The molecular weight excluding hydrogens is 124 g/mol. The summed E-state index contributed by atoms with van der Waals surface area (Å²) in [5.74, 6) is 0. The van der Waals surface area contributed by atoms with Crippen LogP contribution in [-0.2, 0) is 0 Å². The molecule has 0 nitrogen and oxygen atoms in total. The van der Waals surface area contributed by atoms with Crippen molar-refractivity contribution >= 4 is 10.2 Å². The van der Waals surface area contributed by atoms with Crippen LogP contribution in [0, 0.1) is 0 Å². The second-order valence-corrected chi connectivity index (χ2v) is 3.32. The van der Waals surface area contributed by atoms with Gasteiger partial charge in [0.05, 0.1) is 10.2 Å². The van der Waals surface area contributed by atoms with Crippen LogP contribution in [0.3, 0.4) is 0 Å². The molecule has 0 atom stereocenters. The molecule has 0 fully saturated rings. The zero-order chi connectivity index (χ0) is 6.53. The number of hydrogen-bond acceptors (Lipinski definition) is 0. The van der Waals surface area contributed by atoms with Crippen molar-refractivity contribution in [1.29, 1.82) is 0 Å². The molecule has 0 N–H and O–H groups in total. The van der Waals surface area contributed by atoms with Crippen LogP contribution in [-0.4, -0.2) is 10.2 Å². The summed E-state index contributed by atoms with van der Waals surface area (Å²) in [7, 11) is 3.58. The van der Waals surface area contributed by atoms with Crippen molar-refractivity contribution in [3.05, 3.63) is 11.3 Å². The van der Waals surface area contributed by atoms with Crippen LogP contribution in [0.2, 0.25) is 0 Å². The van der Waals surface area contributed by atoms with E-state index in [2.05, 4.69) is 16.3 Å². The van der Waals surface area contributed by atoms with Gasteiger partial charge in [0.2, 0.25) is 0 Å². The average molecular weight is 137 g/mol. The largest absolute Gasteiger partial charge is 0.0923 e. The van der Waals surface area contributed by atoms with E-state index in [0.717, 1.165) is 0 Å². The van der Waals surface area contributed by atoms with Crippen LogP contribution in [0.25, 0.3) is 0 Å². The van der Waals surface area contributed by atoms with Crippen molar-refractivity contribution in [1.82, 2.24) is 0 Å². The van der Waals surface area contributed by atoms with Gasteiger partial charge in [-0.25, -0.2) is 0 Å². The second-order valence-electron chi connectivity index (χ2n) is 2.68. The summed E-state index contributed by atoms with van der Waals surface area (Å²) in [4.78, 5) is 0. The number of allylic oxidation sites excluding steroid dienone is 2. The Morgan fingerprint density at radius 2 is 1.89 bits per heavy atom. The fourth-order valence-corrected chi connectivity index (χ4v) is 1.51. The fraction of sp³-hybridized carbons (Fsp3) is 0.750.